The summed E-state index contributed by atoms with van der Waals surface area (Å²) >= 11 is 0. The van der Waals surface area contributed by atoms with Crippen LogP contribution in [0.2, 0.25) is 0 Å². The number of hydrogen-bond donors (Lipinski definition) is 1. The first kappa shape index (κ1) is 9.97. The van der Waals surface area contributed by atoms with Gasteiger partial charge < -0.3 is 10.1 Å². The highest BCUT2D eigenvalue weighted by atomic mass is 16.5. The molecule has 14 heavy (non-hydrogen) atoms. The third-order valence-electron chi connectivity index (χ3n) is 2.75. The Bertz CT molecular complexity index is 199. The van der Waals surface area contributed by atoms with E-state index in [1.54, 1.807) is 0 Å². The molecule has 0 atom stereocenters. The maximum absolute atomic E-state index is 5.53. The van der Waals surface area contributed by atoms with E-state index in [-0.39, 0.29) is 0 Å². The van der Waals surface area contributed by atoms with Gasteiger partial charge in [0.1, 0.15) is 0 Å². The summed E-state index contributed by atoms with van der Waals surface area (Å²) in [5.41, 5.74) is 0. The molecule has 0 bridgehead atoms. The molecule has 2 aliphatic rings. The first-order valence-corrected chi connectivity index (χ1v) is 5.80. The molecule has 3 nitrogen and oxygen atoms in total. The minimum Gasteiger partial charge on any atom is -0.379 e. The lowest BCUT2D eigenvalue weighted by Crippen LogP contribution is -2.29. The third-order valence-corrected chi connectivity index (χ3v) is 2.75. The van der Waals surface area contributed by atoms with Gasteiger partial charge in [-0.05, 0) is 31.6 Å². The molecule has 0 radical (unpaired) electrons. The number of nitrogens with one attached hydrogen (secondary N) is 1. The second-order valence-electron chi connectivity index (χ2n) is 4.23. The van der Waals surface area contributed by atoms with E-state index in [1.807, 2.05) is 0 Å². The number of ether oxygens (including phenoxy) is 1. The molecular weight excluding hydrogens is 176 g/mol. The van der Waals surface area contributed by atoms with Gasteiger partial charge in [-0.2, -0.15) is 0 Å². The quantitative estimate of drug-likeness (QED) is 0.677. The maximum Gasteiger partial charge on any atom is 0.0963 e. The number of nitrogens with zero attached hydrogens (tertiary/aromatic N) is 1. The second kappa shape index (κ2) is 5.35. The molecule has 0 amide bonds. The van der Waals surface area contributed by atoms with Gasteiger partial charge in [-0.15, -0.1) is 0 Å². The highest BCUT2D eigenvalue weighted by Gasteiger charge is 2.20. The summed E-state index contributed by atoms with van der Waals surface area (Å²) < 4.78 is 5.53. The Balaban J connectivity index is 1.46. The fourth-order valence-corrected chi connectivity index (χ4v) is 1.64. The summed E-state index contributed by atoms with van der Waals surface area (Å²) in [4.78, 5) is 4.42. The van der Waals surface area contributed by atoms with Crippen molar-refractivity contribution in [3.05, 3.63) is 0 Å². The molecule has 1 heterocycles. The SMILES string of the molecule is C1CCC(NCCOCC2CC2)=NC1. The topological polar surface area (TPSA) is 33.6 Å². The molecule has 1 saturated carbocycles. The summed E-state index contributed by atoms with van der Waals surface area (Å²) in [5, 5.41) is 3.34. The monoisotopic (exact) mass is 196 g/mol. The van der Waals surface area contributed by atoms with Crippen LogP contribution in [0.4, 0.5) is 0 Å². The van der Waals surface area contributed by atoms with Crippen molar-refractivity contribution < 1.29 is 4.74 Å². The van der Waals surface area contributed by atoms with E-state index >= 15 is 0 Å². The standard InChI is InChI=1S/C11H20N2O/c1-2-6-12-11(3-1)13-7-8-14-9-10-4-5-10/h10H,1-9H2,(H,12,13). The van der Waals surface area contributed by atoms with E-state index in [1.165, 1.54) is 31.5 Å². The van der Waals surface area contributed by atoms with E-state index in [9.17, 15) is 0 Å². The van der Waals surface area contributed by atoms with Gasteiger partial charge in [-0.1, -0.05) is 0 Å². The van der Waals surface area contributed by atoms with Crippen LogP contribution in [0.3, 0.4) is 0 Å². The Labute approximate surface area is 85.9 Å². The van der Waals surface area contributed by atoms with Crippen LogP contribution in [0.5, 0.6) is 0 Å². The first-order valence-electron chi connectivity index (χ1n) is 5.80. The maximum atomic E-state index is 5.53. The van der Waals surface area contributed by atoms with E-state index in [4.69, 9.17) is 4.74 Å². The van der Waals surface area contributed by atoms with Crippen molar-refractivity contribution in [3.63, 3.8) is 0 Å². The van der Waals surface area contributed by atoms with Gasteiger partial charge in [-0.25, -0.2) is 0 Å². The molecule has 0 aromatic heterocycles. The molecule has 0 saturated heterocycles. The molecule has 0 unspecified atom stereocenters. The van der Waals surface area contributed by atoms with Crippen LogP contribution in [0.25, 0.3) is 0 Å². The summed E-state index contributed by atoms with van der Waals surface area (Å²) in [7, 11) is 0. The van der Waals surface area contributed by atoms with Crippen LogP contribution in [-0.4, -0.2) is 32.1 Å². The van der Waals surface area contributed by atoms with Crippen molar-refractivity contribution in [1.29, 1.82) is 0 Å². The summed E-state index contributed by atoms with van der Waals surface area (Å²) in [5.74, 6) is 2.06. The smallest absolute Gasteiger partial charge is 0.0963 e. The number of hydrogen-bond acceptors (Lipinski definition) is 3. The van der Waals surface area contributed by atoms with E-state index in [0.29, 0.717) is 0 Å². The Kier molecular flexibility index (Phi) is 3.80. The van der Waals surface area contributed by atoms with Crippen molar-refractivity contribution in [2.24, 2.45) is 10.9 Å². The highest BCUT2D eigenvalue weighted by molar-refractivity contribution is 5.82. The Morgan fingerprint density at radius 2 is 2.29 bits per heavy atom. The van der Waals surface area contributed by atoms with Crippen LogP contribution >= 0.6 is 0 Å². The third kappa shape index (κ3) is 3.66. The summed E-state index contributed by atoms with van der Waals surface area (Å²) in [6.45, 7) is 3.72. The lowest BCUT2D eigenvalue weighted by atomic mass is 10.2. The molecule has 1 aliphatic heterocycles. The summed E-state index contributed by atoms with van der Waals surface area (Å²) in [6, 6.07) is 0. The molecule has 2 rings (SSSR count). The average Bonchev–Trinajstić information content (AvgIpc) is 3.03. The Morgan fingerprint density at radius 1 is 1.36 bits per heavy atom. The van der Waals surface area contributed by atoms with Crippen LogP contribution in [0.1, 0.15) is 32.1 Å². The second-order valence-corrected chi connectivity index (χ2v) is 4.23. The molecular formula is C11H20N2O. The van der Waals surface area contributed by atoms with Crippen LogP contribution < -0.4 is 5.32 Å². The lowest BCUT2D eigenvalue weighted by Gasteiger charge is -2.13. The van der Waals surface area contributed by atoms with Gasteiger partial charge in [-0.3, -0.25) is 4.99 Å². The predicted octanol–water partition coefficient (Wildman–Crippen LogP) is 1.59. The molecule has 1 fully saturated rings. The van der Waals surface area contributed by atoms with Crippen molar-refractivity contribution in [2.75, 3.05) is 26.3 Å². The Morgan fingerprint density at radius 3 is 3.00 bits per heavy atom. The van der Waals surface area contributed by atoms with Gasteiger partial charge in [0.2, 0.25) is 0 Å². The lowest BCUT2D eigenvalue weighted by molar-refractivity contribution is 0.129. The molecule has 0 aromatic carbocycles. The first-order chi connectivity index (χ1) is 6.95. The number of aliphatic imine (C=N–C) groups is 1. The Hall–Kier alpha value is -0.570. The molecule has 1 N–H and O–H groups in total. The normalized spacial score (nSPS) is 21.9. The zero-order valence-electron chi connectivity index (χ0n) is 8.80. The predicted molar refractivity (Wildman–Crippen MR) is 57.7 cm³/mol. The van der Waals surface area contributed by atoms with E-state index in [0.717, 1.165) is 38.6 Å². The van der Waals surface area contributed by atoms with Gasteiger partial charge in [0, 0.05) is 26.1 Å². The zero-order valence-corrected chi connectivity index (χ0v) is 8.80. The highest BCUT2D eigenvalue weighted by Crippen LogP contribution is 2.28. The minimum atomic E-state index is 0.829. The zero-order chi connectivity index (χ0) is 9.64. The number of rotatable bonds is 5. The molecule has 1 aliphatic carbocycles. The van der Waals surface area contributed by atoms with Crippen LogP contribution in [-0.2, 0) is 4.74 Å². The average molecular weight is 196 g/mol. The van der Waals surface area contributed by atoms with Crippen LogP contribution in [0.15, 0.2) is 4.99 Å². The summed E-state index contributed by atoms with van der Waals surface area (Å²) in [6.07, 6.45) is 6.42. The van der Waals surface area contributed by atoms with Crippen LogP contribution in [0, 0.1) is 5.92 Å². The fourth-order valence-electron chi connectivity index (χ4n) is 1.64. The van der Waals surface area contributed by atoms with E-state index < -0.39 is 0 Å². The molecule has 0 spiro atoms. The largest absolute Gasteiger partial charge is 0.379 e. The molecule has 3 heteroatoms. The van der Waals surface area contributed by atoms with Crippen molar-refractivity contribution >= 4 is 5.84 Å². The van der Waals surface area contributed by atoms with Crippen molar-refractivity contribution in [2.45, 2.75) is 32.1 Å². The number of amidine groups is 1. The van der Waals surface area contributed by atoms with Gasteiger partial charge >= 0.3 is 0 Å². The van der Waals surface area contributed by atoms with Gasteiger partial charge in [0.05, 0.1) is 12.4 Å². The van der Waals surface area contributed by atoms with E-state index in [2.05, 4.69) is 10.3 Å². The minimum absolute atomic E-state index is 0.829. The van der Waals surface area contributed by atoms with Crippen molar-refractivity contribution in [3.8, 4) is 0 Å². The van der Waals surface area contributed by atoms with Gasteiger partial charge in [0.15, 0.2) is 0 Å². The molecule has 80 valence electrons. The van der Waals surface area contributed by atoms with Gasteiger partial charge in [0.25, 0.3) is 0 Å². The molecule has 0 aromatic rings. The van der Waals surface area contributed by atoms with Crippen molar-refractivity contribution in [1.82, 2.24) is 5.32 Å². The fraction of sp³-hybridized carbons (Fsp3) is 0.909.